The van der Waals surface area contributed by atoms with Gasteiger partial charge in [0.05, 0.1) is 22.7 Å². The van der Waals surface area contributed by atoms with Gasteiger partial charge in [-0.25, -0.2) is 4.98 Å². The quantitative estimate of drug-likeness (QED) is 0.765. The summed E-state index contributed by atoms with van der Waals surface area (Å²) in [5, 5.41) is 3.17. The van der Waals surface area contributed by atoms with Crippen LogP contribution < -0.4 is 0 Å². The van der Waals surface area contributed by atoms with Gasteiger partial charge in [-0.05, 0) is 26.8 Å². The molecule has 0 radical (unpaired) electrons. The smallest absolute Gasteiger partial charge is 0.129 e. The van der Waals surface area contributed by atoms with E-state index in [-0.39, 0.29) is 5.41 Å². The monoisotopic (exact) mass is 268 g/mol. The van der Waals surface area contributed by atoms with Crippen molar-refractivity contribution in [3.63, 3.8) is 0 Å². The van der Waals surface area contributed by atoms with E-state index in [1.165, 1.54) is 0 Å². The number of thiazole rings is 1. The summed E-state index contributed by atoms with van der Waals surface area (Å²) in [7, 11) is 2.04. The first kappa shape index (κ1) is 13.6. The molecule has 1 atom stereocenters. The van der Waals surface area contributed by atoms with Crippen LogP contribution in [0.1, 0.15) is 23.5 Å². The lowest BCUT2D eigenvalue weighted by Crippen LogP contribution is -2.42. The number of nitrogens with zero attached hydrogens (tertiary/aromatic N) is 2. The molecular weight excluding hydrogens is 248 g/mol. The molecule has 0 amide bonds. The van der Waals surface area contributed by atoms with Crippen LogP contribution >= 0.6 is 11.3 Å². The maximum atomic E-state index is 11.4. The van der Waals surface area contributed by atoms with Gasteiger partial charge in [-0.1, -0.05) is 0 Å². The van der Waals surface area contributed by atoms with Crippen molar-refractivity contribution in [1.82, 2.24) is 9.88 Å². The van der Waals surface area contributed by atoms with Crippen molar-refractivity contribution in [2.45, 2.75) is 26.3 Å². The van der Waals surface area contributed by atoms with Gasteiger partial charge >= 0.3 is 0 Å². The van der Waals surface area contributed by atoms with E-state index in [0.29, 0.717) is 6.61 Å². The molecule has 0 aliphatic carbocycles. The Morgan fingerprint density at radius 1 is 1.67 bits per heavy atom. The lowest BCUT2D eigenvalue weighted by atomic mass is 9.83. The van der Waals surface area contributed by atoms with E-state index < -0.39 is 0 Å². The SMILES string of the molecule is Cc1nc(CN(C)CC2(C=O)CCCOC2)cs1. The predicted molar refractivity (Wildman–Crippen MR) is 71.7 cm³/mol. The molecule has 0 bridgehead atoms. The van der Waals surface area contributed by atoms with Crippen LogP contribution in [0.2, 0.25) is 0 Å². The summed E-state index contributed by atoms with van der Waals surface area (Å²) in [4.78, 5) is 18.0. The number of aldehydes is 1. The van der Waals surface area contributed by atoms with Crippen molar-refractivity contribution in [2.75, 3.05) is 26.8 Å². The van der Waals surface area contributed by atoms with E-state index in [1.54, 1.807) is 11.3 Å². The fourth-order valence-corrected chi connectivity index (χ4v) is 3.08. The topological polar surface area (TPSA) is 42.4 Å². The number of ether oxygens (including phenoxy) is 1. The molecule has 0 saturated carbocycles. The van der Waals surface area contributed by atoms with Crippen molar-refractivity contribution in [1.29, 1.82) is 0 Å². The average molecular weight is 268 g/mol. The van der Waals surface area contributed by atoms with Gasteiger partial charge in [-0.3, -0.25) is 4.90 Å². The maximum absolute atomic E-state index is 11.4. The van der Waals surface area contributed by atoms with Crippen LogP contribution in [-0.2, 0) is 16.1 Å². The normalized spacial score (nSPS) is 24.4. The fraction of sp³-hybridized carbons (Fsp3) is 0.692. The fourth-order valence-electron chi connectivity index (χ4n) is 2.48. The summed E-state index contributed by atoms with van der Waals surface area (Å²) in [5.74, 6) is 0. The number of hydrogen-bond acceptors (Lipinski definition) is 5. The highest BCUT2D eigenvalue weighted by Crippen LogP contribution is 2.27. The zero-order valence-electron chi connectivity index (χ0n) is 11.0. The van der Waals surface area contributed by atoms with Gasteiger partial charge in [0, 0.05) is 25.1 Å². The highest BCUT2D eigenvalue weighted by atomic mass is 32.1. The van der Waals surface area contributed by atoms with Crippen LogP contribution in [0.15, 0.2) is 5.38 Å². The van der Waals surface area contributed by atoms with Gasteiger partial charge in [0.15, 0.2) is 0 Å². The molecule has 0 N–H and O–H groups in total. The molecule has 5 heteroatoms. The molecule has 1 fully saturated rings. The summed E-state index contributed by atoms with van der Waals surface area (Å²) in [5.41, 5.74) is 0.760. The summed E-state index contributed by atoms with van der Waals surface area (Å²) >= 11 is 1.67. The molecule has 0 spiro atoms. The third-order valence-electron chi connectivity index (χ3n) is 3.29. The first-order valence-electron chi connectivity index (χ1n) is 6.27. The minimum Gasteiger partial charge on any atom is -0.380 e. The Kier molecular flexibility index (Phi) is 4.48. The molecule has 2 rings (SSSR count). The number of carbonyl (C=O) groups is 1. The largest absolute Gasteiger partial charge is 0.380 e. The highest BCUT2D eigenvalue weighted by molar-refractivity contribution is 7.09. The number of aryl methyl sites for hydroxylation is 1. The first-order chi connectivity index (χ1) is 8.63. The average Bonchev–Trinajstić information content (AvgIpc) is 2.75. The summed E-state index contributed by atoms with van der Waals surface area (Å²) in [6.45, 7) is 4.88. The number of aromatic nitrogens is 1. The minimum atomic E-state index is -0.321. The van der Waals surface area contributed by atoms with Gasteiger partial charge in [0.2, 0.25) is 0 Å². The predicted octanol–water partition coefficient (Wildman–Crippen LogP) is 1.88. The zero-order valence-corrected chi connectivity index (χ0v) is 11.8. The summed E-state index contributed by atoms with van der Waals surface area (Å²) in [6, 6.07) is 0. The van der Waals surface area contributed by atoms with Crippen molar-refractivity contribution in [3.05, 3.63) is 16.1 Å². The molecule has 1 aromatic rings. The Hall–Kier alpha value is -0.780. The number of hydrogen-bond donors (Lipinski definition) is 0. The second-order valence-electron chi connectivity index (χ2n) is 5.17. The molecule has 0 aromatic carbocycles. The van der Waals surface area contributed by atoms with Crippen LogP contribution in [0.3, 0.4) is 0 Å². The summed E-state index contributed by atoms with van der Waals surface area (Å²) in [6.07, 6.45) is 2.98. The van der Waals surface area contributed by atoms with E-state index in [0.717, 1.165) is 49.5 Å². The van der Waals surface area contributed by atoms with Crippen molar-refractivity contribution >= 4 is 17.6 Å². The maximum Gasteiger partial charge on any atom is 0.129 e. The standard InChI is InChI=1S/C13H20N2O2S/c1-11-14-12(7-18-11)6-15(2)8-13(9-16)4-3-5-17-10-13/h7,9H,3-6,8,10H2,1-2H3. The molecule has 1 aliphatic heterocycles. The second-order valence-corrected chi connectivity index (χ2v) is 6.23. The molecular formula is C13H20N2O2S. The number of rotatable bonds is 5. The molecule has 100 valence electrons. The van der Waals surface area contributed by atoms with Crippen LogP contribution in [0.5, 0.6) is 0 Å². The van der Waals surface area contributed by atoms with Crippen LogP contribution in [0.25, 0.3) is 0 Å². The Labute approximate surface area is 112 Å². The molecule has 1 aromatic heterocycles. The molecule has 1 unspecified atom stereocenters. The van der Waals surface area contributed by atoms with Gasteiger partial charge in [0.25, 0.3) is 0 Å². The van der Waals surface area contributed by atoms with Gasteiger partial charge in [-0.2, -0.15) is 0 Å². The Morgan fingerprint density at radius 2 is 2.50 bits per heavy atom. The van der Waals surface area contributed by atoms with E-state index in [2.05, 4.69) is 15.3 Å². The van der Waals surface area contributed by atoms with Crippen LogP contribution in [0, 0.1) is 12.3 Å². The lowest BCUT2D eigenvalue weighted by Gasteiger charge is -2.35. The Morgan fingerprint density at radius 3 is 3.06 bits per heavy atom. The third-order valence-corrected chi connectivity index (χ3v) is 4.11. The second kappa shape index (κ2) is 5.91. The van der Waals surface area contributed by atoms with E-state index in [1.807, 2.05) is 14.0 Å². The molecule has 18 heavy (non-hydrogen) atoms. The van der Waals surface area contributed by atoms with Crippen molar-refractivity contribution < 1.29 is 9.53 Å². The molecule has 4 nitrogen and oxygen atoms in total. The molecule has 2 heterocycles. The Bertz CT molecular complexity index is 399. The minimum absolute atomic E-state index is 0.321. The van der Waals surface area contributed by atoms with E-state index >= 15 is 0 Å². The number of carbonyl (C=O) groups excluding carboxylic acids is 1. The highest BCUT2D eigenvalue weighted by Gasteiger charge is 2.33. The molecule has 1 saturated heterocycles. The van der Waals surface area contributed by atoms with Gasteiger partial charge in [0.1, 0.15) is 6.29 Å². The van der Waals surface area contributed by atoms with E-state index in [4.69, 9.17) is 4.74 Å². The van der Waals surface area contributed by atoms with E-state index in [9.17, 15) is 4.79 Å². The zero-order chi connectivity index (χ0) is 13.0. The van der Waals surface area contributed by atoms with Gasteiger partial charge < -0.3 is 9.53 Å². The van der Waals surface area contributed by atoms with Gasteiger partial charge in [-0.15, -0.1) is 11.3 Å². The lowest BCUT2D eigenvalue weighted by molar-refractivity contribution is -0.125. The van der Waals surface area contributed by atoms with Crippen molar-refractivity contribution in [3.8, 4) is 0 Å². The third kappa shape index (κ3) is 3.37. The summed E-state index contributed by atoms with van der Waals surface area (Å²) < 4.78 is 5.46. The van der Waals surface area contributed by atoms with Crippen molar-refractivity contribution in [2.24, 2.45) is 5.41 Å². The van der Waals surface area contributed by atoms with Crippen LogP contribution in [-0.4, -0.2) is 43.0 Å². The van der Waals surface area contributed by atoms with Crippen LogP contribution in [0.4, 0.5) is 0 Å². The Balaban J connectivity index is 1.92. The first-order valence-corrected chi connectivity index (χ1v) is 7.15. The molecule has 1 aliphatic rings.